The summed E-state index contributed by atoms with van der Waals surface area (Å²) in [7, 11) is 0. The van der Waals surface area contributed by atoms with Gasteiger partial charge in [-0.25, -0.2) is 4.98 Å². The molecule has 1 aromatic heterocycles. The van der Waals surface area contributed by atoms with E-state index in [4.69, 9.17) is 5.73 Å². The van der Waals surface area contributed by atoms with Crippen molar-refractivity contribution in [3.63, 3.8) is 0 Å². The number of aromatic nitrogens is 1. The molecule has 1 aliphatic carbocycles. The summed E-state index contributed by atoms with van der Waals surface area (Å²) < 4.78 is 0. The topological polar surface area (TPSA) is 68.0 Å². The number of rotatable bonds is 2. The quantitative estimate of drug-likeness (QED) is 0.818. The third-order valence-corrected chi connectivity index (χ3v) is 3.19. The Balaban J connectivity index is 2.03. The summed E-state index contributed by atoms with van der Waals surface area (Å²) in [6.07, 6.45) is 2.62. The molecule has 4 heteroatoms. The normalized spacial score (nSPS) is 23.7. The molecular weight excluding hydrogens is 214 g/mol. The molecule has 0 radical (unpaired) electrons. The van der Waals surface area contributed by atoms with Crippen LogP contribution < -0.4 is 11.1 Å². The molecule has 4 nitrogen and oxygen atoms in total. The first kappa shape index (κ1) is 12.0. The van der Waals surface area contributed by atoms with Crippen molar-refractivity contribution in [3.8, 4) is 0 Å². The minimum atomic E-state index is 0.0487. The number of carbonyl (C=O) groups excluding carboxylic acids is 1. The molecule has 0 saturated heterocycles. The van der Waals surface area contributed by atoms with E-state index in [1.54, 1.807) is 0 Å². The van der Waals surface area contributed by atoms with Crippen LogP contribution in [0.5, 0.6) is 0 Å². The minimum absolute atomic E-state index is 0.0487. The summed E-state index contributed by atoms with van der Waals surface area (Å²) in [6.45, 7) is 3.92. The van der Waals surface area contributed by atoms with Crippen molar-refractivity contribution < 1.29 is 4.79 Å². The van der Waals surface area contributed by atoms with Crippen LogP contribution in [0.25, 0.3) is 0 Å². The van der Waals surface area contributed by atoms with Gasteiger partial charge in [-0.1, -0.05) is 0 Å². The fourth-order valence-corrected chi connectivity index (χ4v) is 2.39. The van der Waals surface area contributed by atoms with Crippen molar-refractivity contribution in [1.29, 1.82) is 0 Å². The molecule has 1 heterocycles. The highest BCUT2D eigenvalue weighted by Crippen LogP contribution is 2.25. The molecule has 17 heavy (non-hydrogen) atoms. The highest BCUT2D eigenvalue weighted by molar-refractivity contribution is 5.92. The van der Waals surface area contributed by atoms with E-state index in [-0.39, 0.29) is 17.9 Å². The Morgan fingerprint density at radius 3 is 2.76 bits per heavy atom. The number of amides is 1. The molecule has 2 unspecified atom stereocenters. The van der Waals surface area contributed by atoms with Crippen molar-refractivity contribution in [2.45, 2.75) is 39.2 Å². The van der Waals surface area contributed by atoms with Gasteiger partial charge in [-0.05, 0) is 50.8 Å². The molecule has 1 amide bonds. The number of hydrogen-bond acceptors (Lipinski definition) is 3. The Labute approximate surface area is 102 Å². The largest absolute Gasteiger partial charge is 0.328 e. The van der Waals surface area contributed by atoms with Crippen LogP contribution in [0, 0.1) is 19.8 Å². The van der Waals surface area contributed by atoms with Gasteiger partial charge < -0.3 is 11.1 Å². The zero-order chi connectivity index (χ0) is 12.4. The van der Waals surface area contributed by atoms with Crippen LogP contribution in [-0.2, 0) is 4.79 Å². The van der Waals surface area contributed by atoms with Crippen LogP contribution in [0.15, 0.2) is 12.1 Å². The van der Waals surface area contributed by atoms with Gasteiger partial charge in [-0.3, -0.25) is 4.79 Å². The van der Waals surface area contributed by atoms with Crippen LogP contribution in [0.4, 0.5) is 5.82 Å². The summed E-state index contributed by atoms with van der Waals surface area (Å²) >= 11 is 0. The summed E-state index contributed by atoms with van der Waals surface area (Å²) in [5.41, 5.74) is 7.84. The van der Waals surface area contributed by atoms with Gasteiger partial charge in [0.2, 0.25) is 5.91 Å². The molecule has 0 spiro atoms. The predicted octanol–water partition coefficient (Wildman–Crippen LogP) is 1.76. The molecule has 1 aromatic rings. The number of hydrogen-bond donors (Lipinski definition) is 2. The van der Waals surface area contributed by atoms with Gasteiger partial charge in [0.25, 0.3) is 0 Å². The first-order chi connectivity index (χ1) is 8.04. The van der Waals surface area contributed by atoms with Crippen molar-refractivity contribution in [1.82, 2.24) is 4.98 Å². The molecule has 3 N–H and O–H groups in total. The standard InChI is InChI=1S/C13H19N3O/c1-8-5-9(2)15-12(6-8)16-13(17)10-3-4-11(14)7-10/h5-6,10-11H,3-4,7,14H2,1-2H3,(H,15,16,17). The van der Waals surface area contributed by atoms with Gasteiger partial charge in [0.1, 0.15) is 5.82 Å². The smallest absolute Gasteiger partial charge is 0.228 e. The Hall–Kier alpha value is -1.42. The van der Waals surface area contributed by atoms with Crippen LogP contribution in [-0.4, -0.2) is 16.9 Å². The average Bonchev–Trinajstić information content (AvgIpc) is 2.63. The molecule has 2 rings (SSSR count). The third kappa shape index (κ3) is 3.03. The third-order valence-electron chi connectivity index (χ3n) is 3.19. The van der Waals surface area contributed by atoms with Crippen LogP contribution in [0.2, 0.25) is 0 Å². The predicted molar refractivity (Wildman–Crippen MR) is 67.7 cm³/mol. The maximum atomic E-state index is 12.0. The highest BCUT2D eigenvalue weighted by Gasteiger charge is 2.27. The van der Waals surface area contributed by atoms with Crippen molar-refractivity contribution >= 4 is 11.7 Å². The molecule has 0 bridgehead atoms. The van der Waals surface area contributed by atoms with Gasteiger partial charge in [0.15, 0.2) is 0 Å². The van der Waals surface area contributed by atoms with Gasteiger partial charge >= 0.3 is 0 Å². The van der Waals surface area contributed by atoms with E-state index in [0.29, 0.717) is 5.82 Å². The molecule has 0 aliphatic heterocycles. The fourth-order valence-electron chi connectivity index (χ4n) is 2.39. The minimum Gasteiger partial charge on any atom is -0.328 e. The van der Waals surface area contributed by atoms with Crippen molar-refractivity contribution in [2.24, 2.45) is 11.7 Å². The SMILES string of the molecule is Cc1cc(C)nc(NC(=O)C2CCC(N)C2)c1. The van der Waals surface area contributed by atoms with Crippen LogP contribution in [0.1, 0.15) is 30.5 Å². The Bertz CT molecular complexity index is 410. The van der Waals surface area contributed by atoms with Crippen molar-refractivity contribution in [3.05, 3.63) is 23.4 Å². The summed E-state index contributed by atoms with van der Waals surface area (Å²) in [5.74, 6) is 0.746. The maximum Gasteiger partial charge on any atom is 0.228 e. The Kier molecular flexibility index (Phi) is 3.43. The van der Waals surface area contributed by atoms with Gasteiger partial charge in [-0.2, -0.15) is 0 Å². The van der Waals surface area contributed by atoms with Crippen molar-refractivity contribution in [2.75, 3.05) is 5.32 Å². The summed E-state index contributed by atoms with van der Waals surface area (Å²) in [6, 6.07) is 4.05. The molecule has 1 aliphatic rings. The zero-order valence-corrected chi connectivity index (χ0v) is 10.4. The Morgan fingerprint density at radius 1 is 1.41 bits per heavy atom. The summed E-state index contributed by atoms with van der Waals surface area (Å²) in [5, 5.41) is 2.88. The van der Waals surface area contributed by atoms with E-state index >= 15 is 0 Å². The molecule has 2 atom stereocenters. The lowest BCUT2D eigenvalue weighted by molar-refractivity contribution is -0.119. The first-order valence-electron chi connectivity index (χ1n) is 6.06. The van der Waals surface area contributed by atoms with E-state index < -0.39 is 0 Å². The second-order valence-corrected chi connectivity index (χ2v) is 4.93. The highest BCUT2D eigenvalue weighted by atomic mass is 16.1. The van der Waals surface area contributed by atoms with E-state index in [1.807, 2.05) is 26.0 Å². The number of nitrogens with zero attached hydrogens (tertiary/aromatic N) is 1. The fraction of sp³-hybridized carbons (Fsp3) is 0.538. The second-order valence-electron chi connectivity index (χ2n) is 4.93. The first-order valence-corrected chi connectivity index (χ1v) is 6.06. The number of carbonyl (C=O) groups is 1. The van der Waals surface area contributed by atoms with E-state index in [9.17, 15) is 4.79 Å². The van der Waals surface area contributed by atoms with Gasteiger partial charge in [-0.15, -0.1) is 0 Å². The lowest BCUT2D eigenvalue weighted by atomic mass is 10.1. The van der Waals surface area contributed by atoms with E-state index in [0.717, 1.165) is 30.5 Å². The zero-order valence-electron chi connectivity index (χ0n) is 10.4. The van der Waals surface area contributed by atoms with E-state index in [2.05, 4.69) is 10.3 Å². The van der Waals surface area contributed by atoms with E-state index in [1.165, 1.54) is 0 Å². The molecule has 0 aromatic carbocycles. The molecule has 1 fully saturated rings. The summed E-state index contributed by atoms with van der Waals surface area (Å²) in [4.78, 5) is 16.3. The lowest BCUT2D eigenvalue weighted by Crippen LogP contribution is -2.23. The average molecular weight is 233 g/mol. The number of pyridine rings is 1. The maximum absolute atomic E-state index is 12.0. The molecule has 1 saturated carbocycles. The van der Waals surface area contributed by atoms with Crippen LogP contribution in [0.3, 0.4) is 0 Å². The second kappa shape index (κ2) is 4.84. The number of nitrogens with two attached hydrogens (primary N) is 1. The number of nitrogens with one attached hydrogen (secondary N) is 1. The Morgan fingerprint density at radius 2 is 2.18 bits per heavy atom. The lowest BCUT2D eigenvalue weighted by Gasteiger charge is -2.11. The van der Waals surface area contributed by atoms with Gasteiger partial charge in [0.05, 0.1) is 0 Å². The van der Waals surface area contributed by atoms with Crippen LogP contribution >= 0.6 is 0 Å². The number of aryl methyl sites for hydroxylation is 2. The molecular formula is C13H19N3O. The molecule has 92 valence electrons. The number of anilines is 1. The van der Waals surface area contributed by atoms with Gasteiger partial charge in [0, 0.05) is 17.7 Å². The monoisotopic (exact) mass is 233 g/mol.